The molecule has 0 saturated heterocycles. The highest BCUT2D eigenvalue weighted by molar-refractivity contribution is 5.86. The van der Waals surface area contributed by atoms with Crippen LogP contribution >= 0.6 is 0 Å². The molecule has 0 aliphatic rings. The number of ether oxygens (including phenoxy) is 1. The number of aliphatic hydroxyl groups excluding tert-OH is 1. The minimum Gasteiger partial charge on any atom is -1.00 e. The Kier molecular flexibility index (Phi) is 5.96. The quantitative estimate of drug-likeness (QED) is 0.475. The summed E-state index contributed by atoms with van der Waals surface area (Å²) in [4.78, 5) is 0. The first-order valence-corrected chi connectivity index (χ1v) is 7.42. The minimum atomic E-state index is 0. The van der Waals surface area contributed by atoms with Crippen molar-refractivity contribution in [3.8, 4) is 11.4 Å². The van der Waals surface area contributed by atoms with Gasteiger partial charge in [-0.05, 0) is 23.6 Å². The van der Waals surface area contributed by atoms with Crippen molar-refractivity contribution in [2.45, 2.75) is 13.3 Å². The molecule has 0 spiro atoms. The third-order valence-electron chi connectivity index (χ3n) is 4.04. The van der Waals surface area contributed by atoms with Gasteiger partial charge in [-0.1, -0.05) is 18.2 Å². The van der Waals surface area contributed by atoms with E-state index < -0.39 is 0 Å². The third-order valence-corrected chi connectivity index (χ3v) is 4.04. The van der Waals surface area contributed by atoms with Crippen LogP contribution in [0.2, 0.25) is 0 Å². The van der Waals surface area contributed by atoms with Gasteiger partial charge in [0, 0.05) is 43.0 Å². The van der Waals surface area contributed by atoms with Crippen LogP contribution in [0.15, 0.2) is 54.7 Å². The van der Waals surface area contributed by atoms with E-state index in [-0.39, 0.29) is 30.6 Å². The average molecular weight is 421 g/mol. The first-order chi connectivity index (χ1) is 10.7. The van der Waals surface area contributed by atoms with Crippen LogP contribution in [0.3, 0.4) is 0 Å². The lowest BCUT2D eigenvalue weighted by Crippen LogP contribution is -3.00. The molecule has 0 aliphatic carbocycles. The number of rotatable bonds is 4. The lowest BCUT2D eigenvalue weighted by molar-refractivity contribution is -0.601. The number of pyridine rings is 1. The SMILES string of the molecule is COc1ccc(-[n+]2cc(CCO)c3ccccc3c2C)cc1.[I-]. The molecule has 1 N–H and O–H groups in total. The number of aromatic nitrogens is 1. The van der Waals surface area contributed by atoms with Crippen LogP contribution in [0, 0.1) is 6.92 Å². The summed E-state index contributed by atoms with van der Waals surface area (Å²) in [7, 11) is 1.67. The van der Waals surface area contributed by atoms with Gasteiger partial charge in [0.25, 0.3) is 0 Å². The maximum Gasteiger partial charge on any atom is 0.211 e. The molecule has 1 aromatic heterocycles. The second-order valence-corrected chi connectivity index (χ2v) is 5.33. The molecule has 0 amide bonds. The van der Waals surface area contributed by atoms with E-state index in [1.54, 1.807) is 7.11 Å². The van der Waals surface area contributed by atoms with E-state index in [1.165, 1.54) is 16.5 Å². The average Bonchev–Trinajstić information content (AvgIpc) is 2.58. The smallest absolute Gasteiger partial charge is 0.211 e. The molecule has 2 aromatic carbocycles. The summed E-state index contributed by atoms with van der Waals surface area (Å²) >= 11 is 0. The van der Waals surface area contributed by atoms with Crippen molar-refractivity contribution in [1.82, 2.24) is 0 Å². The number of aliphatic hydroxyl groups is 1. The number of fused-ring (bicyclic) bond motifs is 1. The van der Waals surface area contributed by atoms with Crippen LogP contribution < -0.4 is 33.3 Å². The van der Waals surface area contributed by atoms with Crippen molar-refractivity contribution >= 4 is 10.8 Å². The number of nitrogens with zero attached hydrogens (tertiary/aromatic N) is 1. The van der Waals surface area contributed by atoms with E-state index in [2.05, 4.69) is 35.9 Å². The second-order valence-electron chi connectivity index (χ2n) is 5.33. The molecule has 3 nitrogen and oxygen atoms in total. The maximum atomic E-state index is 9.35. The van der Waals surface area contributed by atoms with Gasteiger partial charge in [0.2, 0.25) is 5.69 Å². The summed E-state index contributed by atoms with van der Waals surface area (Å²) in [6.45, 7) is 2.27. The second kappa shape index (κ2) is 7.75. The van der Waals surface area contributed by atoms with Crippen molar-refractivity contribution < 1.29 is 38.4 Å². The van der Waals surface area contributed by atoms with Crippen LogP contribution in [0.25, 0.3) is 16.5 Å². The molecule has 120 valence electrons. The van der Waals surface area contributed by atoms with Crippen molar-refractivity contribution in [3.63, 3.8) is 0 Å². The molecule has 0 saturated carbocycles. The first-order valence-electron chi connectivity index (χ1n) is 7.42. The monoisotopic (exact) mass is 421 g/mol. The van der Waals surface area contributed by atoms with Gasteiger partial charge in [0.15, 0.2) is 11.9 Å². The molecule has 1 heterocycles. The van der Waals surface area contributed by atoms with Crippen LogP contribution in [0.5, 0.6) is 5.75 Å². The summed E-state index contributed by atoms with van der Waals surface area (Å²) in [5.74, 6) is 0.846. The van der Waals surface area contributed by atoms with Crippen LogP contribution in [0.1, 0.15) is 11.3 Å². The van der Waals surface area contributed by atoms with Gasteiger partial charge >= 0.3 is 0 Å². The molecule has 0 fully saturated rings. The van der Waals surface area contributed by atoms with Crippen molar-refractivity contribution in [1.29, 1.82) is 0 Å². The normalized spacial score (nSPS) is 10.4. The lowest BCUT2D eigenvalue weighted by atomic mass is 10.0. The zero-order valence-electron chi connectivity index (χ0n) is 13.3. The molecule has 23 heavy (non-hydrogen) atoms. The minimum absolute atomic E-state index is 0. The molecule has 0 unspecified atom stereocenters. The Bertz CT molecular complexity index is 800. The number of hydrogen-bond donors (Lipinski definition) is 1. The fourth-order valence-corrected chi connectivity index (χ4v) is 2.86. The van der Waals surface area contributed by atoms with Gasteiger partial charge in [-0.3, -0.25) is 0 Å². The van der Waals surface area contributed by atoms with E-state index in [0.29, 0.717) is 6.42 Å². The Morgan fingerprint density at radius 2 is 1.65 bits per heavy atom. The van der Waals surface area contributed by atoms with Gasteiger partial charge in [-0.25, -0.2) is 0 Å². The Morgan fingerprint density at radius 1 is 1.00 bits per heavy atom. The zero-order valence-corrected chi connectivity index (χ0v) is 15.4. The molecular weight excluding hydrogens is 401 g/mol. The molecule has 0 aliphatic heterocycles. The molecular formula is C19H20INO2. The highest BCUT2D eigenvalue weighted by Crippen LogP contribution is 2.21. The first kappa shape index (κ1) is 17.7. The number of hydrogen-bond acceptors (Lipinski definition) is 2. The standard InChI is InChI=1S/C19H20NO2.HI/c1-14-18-5-3-4-6-19(18)15(11-12-21)13-20(14)16-7-9-17(22-2)10-8-16;/h3-10,13,21H,11-12H2,1-2H3;1H/q+1;/p-1. The van der Waals surface area contributed by atoms with Gasteiger partial charge in [-0.2, -0.15) is 4.57 Å². The Hall–Kier alpha value is -1.66. The van der Waals surface area contributed by atoms with Gasteiger partial charge < -0.3 is 33.8 Å². The van der Waals surface area contributed by atoms with E-state index in [4.69, 9.17) is 4.74 Å². The van der Waals surface area contributed by atoms with E-state index in [9.17, 15) is 5.11 Å². The Balaban J connectivity index is 0.00000192. The lowest BCUT2D eigenvalue weighted by Gasteiger charge is -2.09. The molecule has 4 heteroatoms. The summed E-state index contributed by atoms with van der Waals surface area (Å²) < 4.78 is 7.40. The van der Waals surface area contributed by atoms with Gasteiger partial charge in [-0.15, -0.1) is 0 Å². The summed E-state index contributed by atoms with van der Waals surface area (Å²) in [5.41, 5.74) is 3.42. The van der Waals surface area contributed by atoms with Crippen molar-refractivity contribution in [2.24, 2.45) is 0 Å². The fourth-order valence-electron chi connectivity index (χ4n) is 2.86. The zero-order chi connectivity index (χ0) is 15.5. The maximum absolute atomic E-state index is 9.35. The summed E-state index contributed by atoms with van der Waals surface area (Å²) in [5, 5.41) is 11.8. The van der Waals surface area contributed by atoms with Crippen LogP contribution in [-0.4, -0.2) is 18.8 Å². The predicted octanol–water partition coefficient (Wildman–Crippen LogP) is -0.0277. The molecule has 0 bridgehead atoms. The third kappa shape index (κ3) is 3.48. The molecule has 3 aromatic rings. The number of benzene rings is 2. The highest BCUT2D eigenvalue weighted by Gasteiger charge is 2.17. The predicted molar refractivity (Wildman–Crippen MR) is 87.6 cm³/mol. The molecule has 3 rings (SSSR count). The molecule has 0 atom stereocenters. The largest absolute Gasteiger partial charge is 1.00 e. The summed E-state index contributed by atoms with van der Waals surface area (Å²) in [6.07, 6.45) is 2.77. The Morgan fingerprint density at radius 3 is 2.26 bits per heavy atom. The number of aryl methyl sites for hydroxylation is 1. The van der Waals surface area contributed by atoms with Crippen molar-refractivity contribution in [2.75, 3.05) is 13.7 Å². The fraction of sp³-hybridized carbons (Fsp3) is 0.211. The topological polar surface area (TPSA) is 33.3 Å². The highest BCUT2D eigenvalue weighted by atomic mass is 127. The van der Waals surface area contributed by atoms with Gasteiger partial charge in [0.1, 0.15) is 5.75 Å². The summed E-state index contributed by atoms with van der Waals surface area (Å²) in [6, 6.07) is 16.4. The number of methoxy groups -OCH3 is 1. The van der Waals surface area contributed by atoms with Crippen LogP contribution in [0.4, 0.5) is 0 Å². The van der Waals surface area contributed by atoms with E-state index in [1.807, 2.05) is 30.3 Å². The van der Waals surface area contributed by atoms with E-state index in [0.717, 1.165) is 17.0 Å². The number of halogens is 1. The van der Waals surface area contributed by atoms with Crippen LogP contribution in [-0.2, 0) is 6.42 Å². The van der Waals surface area contributed by atoms with E-state index >= 15 is 0 Å². The van der Waals surface area contributed by atoms with Crippen molar-refractivity contribution in [3.05, 3.63) is 66.0 Å². The molecule has 0 radical (unpaired) electrons. The van der Waals surface area contributed by atoms with Gasteiger partial charge in [0.05, 0.1) is 7.11 Å². The Labute approximate surface area is 153 Å².